The van der Waals surface area contributed by atoms with Crippen LogP contribution in [0.3, 0.4) is 0 Å². The molecule has 0 bridgehead atoms. The summed E-state index contributed by atoms with van der Waals surface area (Å²) in [5.41, 5.74) is 2.17. The van der Waals surface area contributed by atoms with Crippen molar-refractivity contribution in [3.05, 3.63) is 78.3 Å². The van der Waals surface area contributed by atoms with E-state index in [0.29, 0.717) is 28.8 Å². The van der Waals surface area contributed by atoms with Crippen molar-refractivity contribution >= 4 is 23.2 Å². The number of carbonyl (C=O) groups excluding carboxylic acids is 1. The standard InChI is InChI=1S/C20H16ClN5O2/c21-15-6-2-1-5-14(15)18-11-23-20(28-18)10-9-19(27)25-16-7-3-4-8-17(16)26-13-22-12-24-26/h1-8,11-13H,9-10H2,(H,25,27). The number of aryl methyl sites for hydroxylation is 1. The van der Waals surface area contributed by atoms with Gasteiger partial charge in [-0.25, -0.2) is 14.6 Å². The number of amides is 1. The van der Waals surface area contributed by atoms with Crippen molar-refractivity contribution in [2.75, 3.05) is 5.32 Å². The van der Waals surface area contributed by atoms with E-state index in [2.05, 4.69) is 20.4 Å². The van der Waals surface area contributed by atoms with Crippen LogP contribution in [0.1, 0.15) is 12.3 Å². The number of anilines is 1. The van der Waals surface area contributed by atoms with Crippen molar-refractivity contribution in [1.82, 2.24) is 19.7 Å². The van der Waals surface area contributed by atoms with Gasteiger partial charge in [0.2, 0.25) is 5.91 Å². The summed E-state index contributed by atoms with van der Waals surface area (Å²) in [6.45, 7) is 0. The molecule has 0 aliphatic rings. The largest absolute Gasteiger partial charge is 0.441 e. The summed E-state index contributed by atoms with van der Waals surface area (Å²) < 4.78 is 7.33. The minimum Gasteiger partial charge on any atom is -0.441 e. The fourth-order valence-electron chi connectivity index (χ4n) is 2.76. The highest BCUT2D eigenvalue weighted by Gasteiger charge is 2.12. The molecule has 1 amide bonds. The molecule has 0 unspecified atom stereocenters. The van der Waals surface area contributed by atoms with Crippen molar-refractivity contribution in [1.29, 1.82) is 0 Å². The molecule has 0 aliphatic carbocycles. The highest BCUT2D eigenvalue weighted by atomic mass is 35.5. The lowest BCUT2D eigenvalue weighted by molar-refractivity contribution is -0.116. The molecule has 7 nitrogen and oxygen atoms in total. The van der Waals surface area contributed by atoms with Gasteiger partial charge in [0.25, 0.3) is 0 Å². The SMILES string of the molecule is O=C(CCc1ncc(-c2ccccc2Cl)o1)Nc1ccccc1-n1cncn1. The normalized spacial score (nSPS) is 10.8. The Kier molecular flexibility index (Phi) is 5.16. The number of hydrogen-bond acceptors (Lipinski definition) is 5. The minimum atomic E-state index is -0.148. The average molecular weight is 394 g/mol. The van der Waals surface area contributed by atoms with Crippen LogP contribution in [0.25, 0.3) is 17.0 Å². The highest BCUT2D eigenvalue weighted by molar-refractivity contribution is 6.33. The topological polar surface area (TPSA) is 85.8 Å². The number of nitrogens with one attached hydrogen (secondary N) is 1. The van der Waals surface area contributed by atoms with E-state index in [1.54, 1.807) is 23.3 Å². The van der Waals surface area contributed by atoms with E-state index in [1.807, 2.05) is 42.5 Å². The summed E-state index contributed by atoms with van der Waals surface area (Å²) in [5.74, 6) is 0.914. The first-order chi connectivity index (χ1) is 13.7. The lowest BCUT2D eigenvalue weighted by Crippen LogP contribution is -2.14. The quantitative estimate of drug-likeness (QED) is 0.532. The van der Waals surface area contributed by atoms with E-state index < -0.39 is 0 Å². The van der Waals surface area contributed by atoms with Gasteiger partial charge in [0.1, 0.15) is 12.7 Å². The molecule has 0 saturated carbocycles. The molecule has 0 aliphatic heterocycles. The molecule has 2 heterocycles. The maximum atomic E-state index is 12.4. The smallest absolute Gasteiger partial charge is 0.224 e. The zero-order chi connectivity index (χ0) is 19.3. The number of aromatic nitrogens is 4. The van der Waals surface area contributed by atoms with E-state index in [0.717, 1.165) is 11.3 Å². The number of nitrogens with zero attached hydrogens (tertiary/aromatic N) is 4. The number of rotatable bonds is 6. The van der Waals surface area contributed by atoms with Crippen LogP contribution in [0.15, 0.2) is 71.8 Å². The number of oxazole rings is 1. The zero-order valence-electron chi connectivity index (χ0n) is 14.7. The lowest BCUT2D eigenvalue weighted by atomic mass is 10.2. The van der Waals surface area contributed by atoms with Gasteiger partial charge in [-0.3, -0.25) is 4.79 Å². The lowest BCUT2D eigenvalue weighted by Gasteiger charge is -2.10. The Balaban J connectivity index is 1.41. The van der Waals surface area contributed by atoms with Crippen molar-refractivity contribution in [3.8, 4) is 17.0 Å². The maximum absolute atomic E-state index is 12.4. The van der Waals surface area contributed by atoms with Gasteiger partial charge in [-0.1, -0.05) is 35.9 Å². The Labute approximate surface area is 166 Å². The first-order valence-corrected chi connectivity index (χ1v) is 9.02. The second-order valence-electron chi connectivity index (χ2n) is 6.00. The molecule has 4 aromatic rings. The van der Waals surface area contributed by atoms with Gasteiger partial charge < -0.3 is 9.73 Å². The van der Waals surface area contributed by atoms with Crippen LogP contribution >= 0.6 is 11.6 Å². The third kappa shape index (κ3) is 3.94. The molecule has 4 rings (SSSR count). The molecular weight excluding hydrogens is 378 g/mol. The molecule has 8 heteroatoms. The Bertz CT molecular complexity index is 1090. The van der Waals surface area contributed by atoms with E-state index >= 15 is 0 Å². The van der Waals surface area contributed by atoms with Gasteiger partial charge in [-0.05, 0) is 24.3 Å². The van der Waals surface area contributed by atoms with Gasteiger partial charge in [0.15, 0.2) is 11.7 Å². The first kappa shape index (κ1) is 17.9. The maximum Gasteiger partial charge on any atom is 0.224 e. The molecule has 0 radical (unpaired) electrons. The molecule has 28 heavy (non-hydrogen) atoms. The second kappa shape index (κ2) is 8.06. The molecule has 2 aromatic heterocycles. The van der Waals surface area contributed by atoms with Crippen LogP contribution in [-0.4, -0.2) is 25.7 Å². The van der Waals surface area contributed by atoms with Crippen LogP contribution < -0.4 is 5.32 Å². The Morgan fingerprint density at radius 2 is 1.96 bits per heavy atom. The second-order valence-corrected chi connectivity index (χ2v) is 6.41. The Morgan fingerprint density at radius 3 is 2.79 bits per heavy atom. The summed E-state index contributed by atoms with van der Waals surface area (Å²) in [7, 11) is 0. The molecule has 0 atom stereocenters. The summed E-state index contributed by atoms with van der Waals surface area (Å²) in [6, 6.07) is 14.8. The summed E-state index contributed by atoms with van der Waals surface area (Å²) in [5, 5.41) is 7.59. The molecule has 0 spiro atoms. The van der Waals surface area contributed by atoms with E-state index in [4.69, 9.17) is 16.0 Å². The van der Waals surface area contributed by atoms with Crippen molar-refractivity contribution in [3.63, 3.8) is 0 Å². The van der Waals surface area contributed by atoms with E-state index in [-0.39, 0.29) is 12.3 Å². The molecule has 2 aromatic carbocycles. The molecule has 0 saturated heterocycles. The predicted molar refractivity (Wildman–Crippen MR) is 105 cm³/mol. The number of benzene rings is 2. The van der Waals surface area contributed by atoms with Gasteiger partial charge >= 0.3 is 0 Å². The molecule has 1 N–H and O–H groups in total. The van der Waals surface area contributed by atoms with Crippen LogP contribution in [-0.2, 0) is 11.2 Å². The van der Waals surface area contributed by atoms with Crippen molar-refractivity contribution in [2.45, 2.75) is 12.8 Å². The van der Waals surface area contributed by atoms with Gasteiger partial charge in [-0.2, -0.15) is 5.10 Å². The van der Waals surface area contributed by atoms with Crippen LogP contribution in [0, 0.1) is 0 Å². The summed E-state index contributed by atoms with van der Waals surface area (Å²) in [6.07, 6.45) is 5.25. The van der Waals surface area contributed by atoms with Crippen LogP contribution in [0.2, 0.25) is 5.02 Å². The minimum absolute atomic E-state index is 0.148. The fourth-order valence-corrected chi connectivity index (χ4v) is 2.99. The highest BCUT2D eigenvalue weighted by Crippen LogP contribution is 2.28. The van der Waals surface area contributed by atoms with Crippen LogP contribution in [0.4, 0.5) is 5.69 Å². The number of carbonyl (C=O) groups is 1. The van der Waals surface area contributed by atoms with Crippen molar-refractivity contribution < 1.29 is 9.21 Å². The number of halogens is 1. The third-order valence-electron chi connectivity index (χ3n) is 4.10. The Hall–Kier alpha value is -3.45. The zero-order valence-corrected chi connectivity index (χ0v) is 15.5. The molecule has 0 fully saturated rings. The monoisotopic (exact) mass is 393 g/mol. The average Bonchev–Trinajstić information content (AvgIpc) is 3.39. The molecule has 140 valence electrons. The van der Waals surface area contributed by atoms with E-state index in [1.165, 1.54) is 6.33 Å². The third-order valence-corrected chi connectivity index (χ3v) is 4.43. The van der Waals surface area contributed by atoms with Crippen LogP contribution in [0.5, 0.6) is 0 Å². The van der Waals surface area contributed by atoms with Gasteiger partial charge in [0.05, 0.1) is 22.6 Å². The number of para-hydroxylation sites is 2. The first-order valence-electron chi connectivity index (χ1n) is 8.64. The summed E-state index contributed by atoms with van der Waals surface area (Å²) in [4.78, 5) is 20.6. The molecular formula is C20H16ClN5O2. The Morgan fingerprint density at radius 1 is 1.14 bits per heavy atom. The fraction of sp³-hybridized carbons (Fsp3) is 0.100. The van der Waals surface area contributed by atoms with Gasteiger partial charge in [0, 0.05) is 18.4 Å². The predicted octanol–water partition coefficient (Wildman–Crippen LogP) is 4.15. The van der Waals surface area contributed by atoms with Crippen molar-refractivity contribution in [2.24, 2.45) is 0 Å². The summed E-state index contributed by atoms with van der Waals surface area (Å²) >= 11 is 6.18. The van der Waals surface area contributed by atoms with Gasteiger partial charge in [-0.15, -0.1) is 0 Å². The number of hydrogen-bond donors (Lipinski definition) is 1. The van der Waals surface area contributed by atoms with E-state index in [9.17, 15) is 4.79 Å².